The molecule has 8 heteroatoms. The second kappa shape index (κ2) is 11.2. The molecule has 186 valence electrons. The van der Waals surface area contributed by atoms with E-state index in [0.29, 0.717) is 30.1 Å². The summed E-state index contributed by atoms with van der Waals surface area (Å²) in [5.74, 6) is 0.909. The lowest BCUT2D eigenvalue weighted by atomic mass is 9.91. The monoisotopic (exact) mass is 495 g/mol. The zero-order chi connectivity index (χ0) is 24.9. The van der Waals surface area contributed by atoms with Crippen molar-refractivity contribution in [1.82, 2.24) is 9.88 Å². The maximum absolute atomic E-state index is 13.5. The standard InChI is InChI=1S/C27H33N3O4S/c1-6-30(7-2)14-12-19-25(27(31)34-8-3)23(17-9-10-20(32-4)21(15-17)33-5)24-18-11-13-28-16-22(18)35-26(24)29-19/h9-10,15-16H,6-8,11-14H2,1-5H3. The van der Waals surface area contributed by atoms with Gasteiger partial charge in [0.15, 0.2) is 11.5 Å². The van der Waals surface area contributed by atoms with Crippen LogP contribution in [0, 0.1) is 0 Å². The van der Waals surface area contributed by atoms with Crippen LogP contribution in [-0.4, -0.2) is 69.1 Å². The fraction of sp³-hybridized carbons (Fsp3) is 0.444. The lowest BCUT2D eigenvalue weighted by Crippen LogP contribution is -2.26. The highest BCUT2D eigenvalue weighted by atomic mass is 32.1. The molecule has 4 rings (SSSR count). The third-order valence-electron chi connectivity index (χ3n) is 6.46. The second-order valence-corrected chi connectivity index (χ2v) is 9.32. The topological polar surface area (TPSA) is 73.2 Å². The van der Waals surface area contributed by atoms with Crippen molar-refractivity contribution in [3.63, 3.8) is 0 Å². The van der Waals surface area contributed by atoms with Crippen molar-refractivity contribution >= 4 is 33.7 Å². The number of ether oxygens (including phenoxy) is 3. The highest BCUT2D eigenvalue weighted by molar-refractivity contribution is 7.20. The minimum Gasteiger partial charge on any atom is -0.493 e. The number of hydrogen-bond donors (Lipinski definition) is 0. The van der Waals surface area contributed by atoms with E-state index in [9.17, 15) is 4.79 Å². The summed E-state index contributed by atoms with van der Waals surface area (Å²) in [5.41, 5.74) is 4.24. The van der Waals surface area contributed by atoms with Crippen LogP contribution in [0.15, 0.2) is 23.2 Å². The maximum atomic E-state index is 13.5. The van der Waals surface area contributed by atoms with Crippen molar-refractivity contribution in [2.24, 2.45) is 4.99 Å². The van der Waals surface area contributed by atoms with Crippen LogP contribution in [0.5, 0.6) is 11.5 Å². The molecule has 0 unspecified atom stereocenters. The van der Waals surface area contributed by atoms with E-state index in [2.05, 4.69) is 23.7 Å². The lowest BCUT2D eigenvalue weighted by Gasteiger charge is -2.20. The number of carbonyl (C=O) groups is 1. The molecule has 0 saturated heterocycles. The van der Waals surface area contributed by atoms with E-state index in [-0.39, 0.29) is 5.97 Å². The van der Waals surface area contributed by atoms with Crippen LogP contribution in [0.1, 0.15) is 47.3 Å². The molecule has 2 aromatic heterocycles. The molecule has 0 bridgehead atoms. The van der Waals surface area contributed by atoms with Gasteiger partial charge in [0.1, 0.15) is 4.83 Å². The molecule has 7 nitrogen and oxygen atoms in total. The van der Waals surface area contributed by atoms with Crippen LogP contribution in [0.4, 0.5) is 0 Å². The van der Waals surface area contributed by atoms with E-state index in [4.69, 9.17) is 19.2 Å². The number of methoxy groups -OCH3 is 2. The Morgan fingerprint density at radius 2 is 1.89 bits per heavy atom. The van der Waals surface area contributed by atoms with Crippen LogP contribution in [0.25, 0.3) is 21.3 Å². The van der Waals surface area contributed by atoms with Gasteiger partial charge in [-0.25, -0.2) is 9.78 Å². The zero-order valence-electron chi connectivity index (χ0n) is 21.1. The molecule has 1 aliphatic rings. The summed E-state index contributed by atoms with van der Waals surface area (Å²) in [7, 11) is 3.24. The van der Waals surface area contributed by atoms with E-state index >= 15 is 0 Å². The average molecular weight is 496 g/mol. The number of nitrogens with zero attached hydrogens (tertiary/aromatic N) is 3. The second-order valence-electron chi connectivity index (χ2n) is 8.29. The Kier molecular flexibility index (Phi) is 8.03. The van der Waals surface area contributed by atoms with Crippen LogP contribution >= 0.6 is 11.3 Å². The normalized spacial score (nSPS) is 12.7. The number of esters is 1. The van der Waals surface area contributed by atoms with Crippen LogP contribution in [-0.2, 0) is 17.6 Å². The lowest BCUT2D eigenvalue weighted by molar-refractivity contribution is 0.0525. The Morgan fingerprint density at radius 1 is 1.11 bits per heavy atom. The number of carbonyl (C=O) groups excluding carboxylic acids is 1. The van der Waals surface area contributed by atoms with Crippen molar-refractivity contribution in [3.8, 4) is 22.6 Å². The summed E-state index contributed by atoms with van der Waals surface area (Å²) >= 11 is 1.64. The first-order chi connectivity index (χ1) is 17.1. The quantitative estimate of drug-likeness (QED) is 0.368. The Labute approximate surface area is 210 Å². The van der Waals surface area contributed by atoms with Crippen LogP contribution in [0.2, 0.25) is 0 Å². The van der Waals surface area contributed by atoms with E-state index in [1.165, 1.54) is 5.56 Å². The predicted octanol–water partition coefficient (Wildman–Crippen LogP) is 5.02. The Bertz CT molecular complexity index is 1250. The van der Waals surface area contributed by atoms with Crippen molar-refractivity contribution in [3.05, 3.63) is 39.9 Å². The third kappa shape index (κ3) is 4.90. The van der Waals surface area contributed by atoms with Gasteiger partial charge >= 0.3 is 5.97 Å². The van der Waals surface area contributed by atoms with Crippen molar-refractivity contribution < 1.29 is 19.0 Å². The van der Waals surface area contributed by atoms with Gasteiger partial charge in [-0.2, -0.15) is 0 Å². The van der Waals surface area contributed by atoms with E-state index in [0.717, 1.165) is 64.5 Å². The zero-order valence-corrected chi connectivity index (χ0v) is 22.0. The summed E-state index contributed by atoms with van der Waals surface area (Å²) < 4.78 is 16.7. The first kappa shape index (κ1) is 25.1. The number of likely N-dealkylation sites (N-methyl/N-ethyl adjacent to an activating group) is 1. The smallest absolute Gasteiger partial charge is 0.340 e. The molecule has 0 fully saturated rings. The predicted molar refractivity (Wildman–Crippen MR) is 142 cm³/mol. The first-order valence-corrected chi connectivity index (χ1v) is 13.0. The number of rotatable bonds is 10. The number of hydrogen-bond acceptors (Lipinski definition) is 8. The molecule has 0 saturated carbocycles. The molecule has 35 heavy (non-hydrogen) atoms. The van der Waals surface area contributed by atoms with E-state index in [1.807, 2.05) is 31.3 Å². The molecule has 1 aliphatic heterocycles. The van der Waals surface area contributed by atoms with Gasteiger partial charge in [-0.15, -0.1) is 11.3 Å². The van der Waals surface area contributed by atoms with Gasteiger partial charge in [0, 0.05) is 36.7 Å². The summed E-state index contributed by atoms with van der Waals surface area (Å²) in [6, 6.07) is 5.80. The molecule has 0 spiro atoms. The van der Waals surface area contributed by atoms with Gasteiger partial charge in [0.25, 0.3) is 0 Å². The number of aliphatic imine (C=N–C) groups is 1. The van der Waals surface area contributed by atoms with Gasteiger partial charge in [-0.3, -0.25) is 4.99 Å². The number of thiophene rings is 1. The first-order valence-electron chi connectivity index (χ1n) is 12.2. The highest BCUT2D eigenvalue weighted by Crippen LogP contribution is 2.43. The number of pyridine rings is 1. The minimum absolute atomic E-state index is 0.298. The molecule has 0 radical (unpaired) electrons. The van der Waals surface area contributed by atoms with E-state index < -0.39 is 0 Å². The Morgan fingerprint density at radius 3 is 2.57 bits per heavy atom. The fourth-order valence-electron chi connectivity index (χ4n) is 4.62. The van der Waals surface area contributed by atoms with Crippen molar-refractivity contribution in [1.29, 1.82) is 0 Å². The molecule has 1 aromatic carbocycles. The minimum atomic E-state index is -0.342. The fourth-order valence-corrected chi connectivity index (χ4v) is 5.76. The van der Waals surface area contributed by atoms with Gasteiger partial charge < -0.3 is 19.1 Å². The molecule has 3 heterocycles. The molecule has 3 aromatic rings. The number of aromatic nitrogens is 1. The van der Waals surface area contributed by atoms with Gasteiger partial charge in [-0.05, 0) is 49.7 Å². The number of benzene rings is 1. The van der Waals surface area contributed by atoms with Crippen molar-refractivity contribution in [2.45, 2.75) is 33.6 Å². The summed E-state index contributed by atoms with van der Waals surface area (Å²) in [6.07, 6.45) is 3.40. The molecule has 0 amide bonds. The van der Waals surface area contributed by atoms with Crippen LogP contribution in [0.3, 0.4) is 0 Å². The Balaban J connectivity index is 2.03. The van der Waals surface area contributed by atoms with Crippen LogP contribution < -0.4 is 9.47 Å². The SMILES string of the molecule is CCOC(=O)c1c(CCN(CC)CC)nc2sc3c(c2c1-c1ccc(OC)c(OC)c1)CCN=C3. The highest BCUT2D eigenvalue weighted by Gasteiger charge is 2.28. The summed E-state index contributed by atoms with van der Waals surface area (Å²) in [4.78, 5) is 27.4. The molecular weight excluding hydrogens is 462 g/mol. The summed E-state index contributed by atoms with van der Waals surface area (Å²) in [5, 5.41) is 1.01. The Hall–Kier alpha value is -2.97. The van der Waals surface area contributed by atoms with Gasteiger partial charge in [0.05, 0.1) is 37.0 Å². The maximum Gasteiger partial charge on any atom is 0.340 e. The summed E-state index contributed by atoms with van der Waals surface area (Å²) in [6.45, 7) is 9.85. The largest absolute Gasteiger partial charge is 0.493 e. The molecule has 0 aliphatic carbocycles. The molecule has 0 atom stereocenters. The molecular formula is C27H33N3O4S. The molecule has 0 N–H and O–H groups in total. The van der Waals surface area contributed by atoms with Gasteiger partial charge in [0.2, 0.25) is 0 Å². The average Bonchev–Trinajstić information content (AvgIpc) is 3.26. The third-order valence-corrected chi connectivity index (χ3v) is 7.52. The van der Waals surface area contributed by atoms with Gasteiger partial charge in [-0.1, -0.05) is 19.9 Å². The van der Waals surface area contributed by atoms with E-state index in [1.54, 1.807) is 25.6 Å². The van der Waals surface area contributed by atoms with Crippen molar-refractivity contribution in [2.75, 3.05) is 47.0 Å². The number of fused-ring (bicyclic) bond motifs is 3.